The second kappa shape index (κ2) is 9.04. The van der Waals surface area contributed by atoms with E-state index in [0.717, 1.165) is 31.2 Å². The van der Waals surface area contributed by atoms with Crippen molar-refractivity contribution in [3.05, 3.63) is 45.8 Å². The zero-order chi connectivity index (χ0) is 19.2. The van der Waals surface area contributed by atoms with Gasteiger partial charge in [-0.1, -0.05) is 18.9 Å². The van der Waals surface area contributed by atoms with Gasteiger partial charge in [-0.15, -0.1) is 11.3 Å². The van der Waals surface area contributed by atoms with Crippen molar-refractivity contribution < 1.29 is 19.1 Å². The van der Waals surface area contributed by atoms with Crippen LogP contribution in [-0.4, -0.2) is 25.6 Å². The first kappa shape index (κ1) is 19.4. The number of ether oxygens (including phenoxy) is 2. The first-order valence-corrected chi connectivity index (χ1v) is 10.2. The number of amides is 1. The molecule has 1 aromatic heterocycles. The molecule has 6 heteroatoms. The van der Waals surface area contributed by atoms with Crippen molar-refractivity contribution in [1.29, 1.82) is 0 Å². The van der Waals surface area contributed by atoms with Crippen molar-refractivity contribution in [2.24, 2.45) is 0 Å². The highest BCUT2D eigenvalue weighted by molar-refractivity contribution is 7.17. The van der Waals surface area contributed by atoms with Crippen molar-refractivity contribution in [3.63, 3.8) is 0 Å². The maximum Gasteiger partial charge on any atom is 0.341 e. The number of esters is 1. The number of anilines is 1. The zero-order valence-electron chi connectivity index (χ0n) is 15.8. The molecule has 144 valence electrons. The van der Waals surface area contributed by atoms with E-state index >= 15 is 0 Å². The number of fused-ring (bicyclic) bond motifs is 1. The third kappa shape index (κ3) is 4.50. The number of carbonyl (C=O) groups excluding carboxylic acids is 2. The van der Waals surface area contributed by atoms with E-state index in [1.807, 2.05) is 0 Å². The van der Waals surface area contributed by atoms with Gasteiger partial charge >= 0.3 is 5.97 Å². The first-order chi connectivity index (χ1) is 13.1. The van der Waals surface area contributed by atoms with Crippen LogP contribution in [0.2, 0.25) is 0 Å². The molecule has 1 heterocycles. The topological polar surface area (TPSA) is 64.6 Å². The van der Waals surface area contributed by atoms with Gasteiger partial charge in [-0.05, 0) is 56.4 Å². The Bertz CT molecular complexity index is 828. The molecule has 1 aliphatic carbocycles. The molecule has 0 atom stereocenters. The molecule has 0 saturated carbocycles. The number of hydrogen-bond donors (Lipinski definition) is 1. The van der Waals surface area contributed by atoms with E-state index in [-0.39, 0.29) is 11.9 Å². The van der Waals surface area contributed by atoms with Gasteiger partial charge in [0, 0.05) is 10.4 Å². The average Bonchev–Trinajstić information content (AvgIpc) is 2.98. The molecule has 1 aromatic carbocycles. The minimum atomic E-state index is -0.350. The van der Waals surface area contributed by atoms with E-state index < -0.39 is 0 Å². The summed E-state index contributed by atoms with van der Waals surface area (Å²) in [4.78, 5) is 26.6. The second-order valence-corrected chi connectivity index (χ2v) is 7.63. The predicted octanol–water partition coefficient (Wildman–Crippen LogP) is 4.84. The number of aryl methyl sites for hydroxylation is 1. The van der Waals surface area contributed by atoms with Gasteiger partial charge in [0.15, 0.2) is 0 Å². The fraction of sp³-hybridized carbons (Fsp3) is 0.429. The second-order valence-electron chi connectivity index (χ2n) is 6.53. The Kier molecular flexibility index (Phi) is 6.50. The summed E-state index contributed by atoms with van der Waals surface area (Å²) in [7, 11) is 1.56. The number of benzene rings is 1. The lowest BCUT2D eigenvalue weighted by atomic mass is 9.96. The molecule has 27 heavy (non-hydrogen) atoms. The Labute approximate surface area is 163 Å². The Morgan fingerprint density at radius 3 is 2.67 bits per heavy atom. The summed E-state index contributed by atoms with van der Waals surface area (Å²) in [5.41, 5.74) is 2.08. The number of carbonyl (C=O) groups is 2. The monoisotopic (exact) mass is 387 g/mol. The fourth-order valence-electron chi connectivity index (χ4n) is 3.37. The van der Waals surface area contributed by atoms with Gasteiger partial charge in [0.2, 0.25) is 0 Å². The SMILES string of the molecule is CCOC(=O)c1c(NC(=O)c2cccc(OC)c2)sc2c1CCCCCC2. The first-order valence-electron chi connectivity index (χ1n) is 9.41. The third-order valence-corrected chi connectivity index (χ3v) is 5.92. The van der Waals surface area contributed by atoms with E-state index in [2.05, 4.69) is 5.32 Å². The van der Waals surface area contributed by atoms with Gasteiger partial charge in [0.1, 0.15) is 10.8 Å². The van der Waals surface area contributed by atoms with E-state index in [4.69, 9.17) is 9.47 Å². The summed E-state index contributed by atoms with van der Waals surface area (Å²) in [6.45, 7) is 2.11. The largest absolute Gasteiger partial charge is 0.497 e. The van der Waals surface area contributed by atoms with Crippen LogP contribution in [0, 0.1) is 0 Å². The Balaban J connectivity index is 1.94. The van der Waals surface area contributed by atoms with Crippen LogP contribution in [0.3, 0.4) is 0 Å². The number of methoxy groups -OCH3 is 1. The van der Waals surface area contributed by atoms with Gasteiger partial charge in [-0.25, -0.2) is 4.79 Å². The van der Waals surface area contributed by atoms with Crippen LogP contribution in [-0.2, 0) is 17.6 Å². The summed E-state index contributed by atoms with van der Waals surface area (Å²) >= 11 is 1.51. The normalized spacial score (nSPS) is 13.9. The molecule has 1 N–H and O–H groups in total. The molecule has 0 aliphatic heterocycles. The molecular formula is C21H25NO4S. The molecule has 0 unspecified atom stereocenters. The standard InChI is InChI=1S/C21H25NO4S/c1-3-26-21(24)18-16-11-6-4-5-7-12-17(16)27-20(18)22-19(23)14-9-8-10-15(13-14)25-2/h8-10,13H,3-7,11-12H2,1-2H3,(H,22,23). The minimum Gasteiger partial charge on any atom is -0.497 e. The molecule has 1 amide bonds. The van der Waals surface area contributed by atoms with Crippen molar-refractivity contribution in [2.45, 2.75) is 45.4 Å². The molecule has 0 radical (unpaired) electrons. The lowest BCUT2D eigenvalue weighted by Crippen LogP contribution is -2.15. The zero-order valence-corrected chi connectivity index (χ0v) is 16.6. The van der Waals surface area contributed by atoms with E-state index in [0.29, 0.717) is 28.5 Å². The van der Waals surface area contributed by atoms with Crippen molar-refractivity contribution in [1.82, 2.24) is 0 Å². The van der Waals surface area contributed by atoms with Gasteiger partial charge < -0.3 is 14.8 Å². The van der Waals surface area contributed by atoms with Crippen molar-refractivity contribution in [2.75, 3.05) is 19.0 Å². The average molecular weight is 388 g/mol. The summed E-state index contributed by atoms with van der Waals surface area (Å²) in [5, 5.41) is 3.53. The predicted molar refractivity (Wildman–Crippen MR) is 107 cm³/mol. The Hall–Kier alpha value is -2.34. The summed E-state index contributed by atoms with van der Waals surface area (Å²) in [6, 6.07) is 6.97. The van der Waals surface area contributed by atoms with E-state index in [1.54, 1.807) is 38.3 Å². The molecular weight excluding hydrogens is 362 g/mol. The summed E-state index contributed by atoms with van der Waals surface area (Å²) in [6.07, 6.45) is 6.34. The van der Waals surface area contributed by atoms with Gasteiger partial charge in [-0.2, -0.15) is 0 Å². The minimum absolute atomic E-state index is 0.256. The van der Waals surface area contributed by atoms with Crippen LogP contribution in [0.25, 0.3) is 0 Å². The number of nitrogens with one attached hydrogen (secondary N) is 1. The Morgan fingerprint density at radius 1 is 1.15 bits per heavy atom. The van der Waals surface area contributed by atoms with E-state index in [1.165, 1.54) is 29.1 Å². The number of thiophene rings is 1. The van der Waals surface area contributed by atoms with Crippen LogP contribution < -0.4 is 10.1 Å². The molecule has 0 spiro atoms. The highest BCUT2D eigenvalue weighted by Gasteiger charge is 2.26. The lowest BCUT2D eigenvalue weighted by molar-refractivity contribution is 0.0526. The van der Waals surface area contributed by atoms with Crippen LogP contribution in [0.15, 0.2) is 24.3 Å². The lowest BCUT2D eigenvalue weighted by Gasteiger charge is -2.11. The van der Waals surface area contributed by atoms with E-state index in [9.17, 15) is 9.59 Å². The maximum absolute atomic E-state index is 12.8. The Morgan fingerprint density at radius 2 is 1.93 bits per heavy atom. The molecule has 0 fully saturated rings. The molecule has 3 rings (SSSR count). The molecule has 1 aliphatic rings. The maximum atomic E-state index is 12.8. The smallest absolute Gasteiger partial charge is 0.341 e. The molecule has 0 saturated heterocycles. The van der Waals surface area contributed by atoms with Gasteiger partial charge in [0.05, 0.1) is 19.3 Å². The molecule has 2 aromatic rings. The fourth-order valence-corrected chi connectivity index (χ4v) is 4.64. The summed E-state index contributed by atoms with van der Waals surface area (Å²) in [5.74, 6) is 0.0110. The highest BCUT2D eigenvalue weighted by Crippen LogP contribution is 2.38. The van der Waals surface area contributed by atoms with Crippen LogP contribution in [0.4, 0.5) is 5.00 Å². The quantitative estimate of drug-likeness (QED) is 0.745. The van der Waals surface area contributed by atoms with Crippen molar-refractivity contribution >= 4 is 28.2 Å². The van der Waals surface area contributed by atoms with Gasteiger partial charge in [-0.3, -0.25) is 4.79 Å². The van der Waals surface area contributed by atoms with Crippen LogP contribution in [0.1, 0.15) is 63.8 Å². The third-order valence-electron chi connectivity index (χ3n) is 4.71. The number of hydrogen-bond acceptors (Lipinski definition) is 5. The van der Waals surface area contributed by atoms with Crippen LogP contribution in [0.5, 0.6) is 5.75 Å². The van der Waals surface area contributed by atoms with Crippen molar-refractivity contribution in [3.8, 4) is 5.75 Å². The summed E-state index contributed by atoms with van der Waals surface area (Å²) < 4.78 is 10.5. The van der Waals surface area contributed by atoms with Crippen LogP contribution >= 0.6 is 11.3 Å². The van der Waals surface area contributed by atoms with Gasteiger partial charge in [0.25, 0.3) is 5.91 Å². The number of rotatable bonds is 5. The molecule has 5 nitrogen and oxygen atoms in total. The molecule has 0 bridgehead atoms. The highest BCUT2D eigenvalue weighted by atomic mass is 32.1.